The van der Waals surface area contributed by atoms with Crippen molar-refractivity contribution in [3.8, 4) is 5.75 Å². The highest BCUT2D eigenvalue weighted by molar-refractivity contribution is 7.71. The van der Waals surface area contributed by atoms with E-state index in [4.69, 9.17) is 17.0 Å². The van der Waals surface area contributed by atoms with Gasteiger partial charge in [0.05, 0.1) is 17.4 Å². The number of ether oxygens (including phenoxy) is 1. The van der Waals surface area contributed by atoms with Crippen LogP contribution in [0.3, 0.4) is 0 Å². The molecule has 4 nitrogen and oxygen atoms in total. The van der Waals surface area contributed by atoms with Gasteiger partial charge in [-0.25, -0.2) is 0 Å². The first-order chi connectivity index (χ1) is 12.2. The maximum Gasteiger partial charge on any atom is 0.262 e. The Balaban J connectivity index is 1.56. The number of para-hydroxylation sites is 1. The van der Waals surface area contributed by atoms with E-state index in [2.05, 4.69) is 11.1 Å². The minimum Gasteiger partial charge on any atom is -0.492 e. The quantitative estimate of drug-likeness (QED) is 0.560. The topological polar surface area (TPSA) is 47.0 Å². The average molecular weight is 348 g/mol. The van der Waals surface area contributed by atoms with Gasteiger partial charge in [-0.05, 0) is 47.3 Å². The predicted molar refractivity (Wildman–Crippen MR) is 103 cm³/mol. The van der Waals surface area contributed by atoms with E-state index in [9.17, 15) is 4.79 Å². The third kappa shape index (κ3) is 3.06. The number of hydrogen-bond acceptors (Lipinski definition) is 3. The SMILES string of the molecule is O=c1c2ccccc2[nH]c(=S)n1CCOc1ccc2ccccc2c1. The van der Waals surface area contributed by atoms with Gasteiger partial charge >= 0.3 is 0 Å². The van der Waals surface area contributed by atoms with E-state index in [1.54, 1.807) is 10.6 Å². The number of benzene rings is 3. The lowest BCUT2D eigenvalue weighted by Gasteiger charge is -2.10. The molecule has 1 heterocycles. The van der Waals surface area contributed by atoms with Crippen LogP contribution in [0.15, 0.2) is 71.5 Å². The molecule has 1 aromatic heterocycles. The molecule has 0 radical (unpaired) electrons. The first kappa shape index (κ1) is 15.6. The summed E-state index contributed by atoms with van der Waals surface area (Å²) in [7, 11) is 0. The van der Waals surface area contributed by atoms with Crippen molar-refractivity contribution in [1.29, 1.82) is 0 Å². The molecule has 4 rings (SSSR count). The number of H-pyrrole nitrogens is 1. The van der Waals surface area contributed by atoms with Crippen LogP contribution in [0.2, 0.25) is 0 Å². The Morgan fingerprint density at radius 3 is 2.60 bits per heavy atom. The van der Waals surface area contributed by atoms with E-state index < -0.39 is 0 Å². The maximum absolute atomic E-state index is 12.6. The van der Waals surface area contributed by atoms with Crippen molar-refractivity contribution in [3.05, 3.63) is 81.9 Å². The van der Waals surface area contributed by atoms with Crippen molar-refractivity contribution in [3.63, 3.8) is 0 Å². The van der Waals surface area contributed by atoms with Crippen LogP contribution in [0.5, 0.6) is 5.75 Å². The largest absolute Gasteiger partial charge is 0.492 e. The summed E-state index contributed by atoms with van der Waals surface area (Å²) in [5.41, 5.74) is 0.658. The summed E-state index contributed by atoms with van der Waals surface area (Å²) in [5.74, 6) is 0.780. The standard InChI is InChI=1S/C20H16N2O2S/c23-19-17-7-3-4-8-18(17)21-20(25)22(19)11-12-24-16-10-9-14-5-1-2-6-15(14)13-16/h1-10,13H,11-12H2,(H,21,25). The van der Waals surface area contributed by atoms with Gasteiger partial charge in [0.15, 0.2) is 4.77 Å². The van der Waals surface area contributed by atoms with Gasteiger partial charge < -0.3 is 9.72 Å². The fourth-order valence-electron chi connectivity index (χ4n) is 2.91. The van der Waals surface area contributed by atoms with Crippen LogP contribution in [-0.4, -0.2) is 16.2 Å². The van der Waals surface area contributed by atoms with Crippen LogP contribution in [-0.2, 0) is 6.54 Å². The number of aromatic nitrogens is 2. The summed E-state index contributed by atoms with van der Waals surface area (Å²) in [4.78, 5) is 15.7. The molecular weight excluding hydrogens is 332 g/mol. The summed E-state index contributed by atoms with van der Waals surface area (Å²) in [6.45, 7) is 0.764. The van der Waals surface area contributed by atoms with Crippen LogP contribution < -0.4 is 10.3 Å². The number of fused-ring (bicyclic) bond motifs is 2. The molecule has 25 heavy (non-hydrogen) atoms. The molecule has 0 unspecified atom stereocenters. The van der Waals surface area contributed by atoms with Gasteiger partial charge in [-0.3, -0.25) is 9.36 Å². The first-order valence-corrected chi connectivity index (χ1v) is 8.47. The summed E-state index contributed by atoms with van der Waals surface area (Å²) < 4.78 is 7.77. The highest BCUT2D eigenvalue weighted by Crippen LogP contribution is 2.20. The fraction of sp³-hybridized carbons (Fsp3) is 0.100. The van der Waals surface area contributed by atoms with E-state index in [1.165, 1.54) is 5.39 Å². The number of nitrogens with one attached hydrogen (secondary N) is 1. The van der Waals surface area contributed by atoms with Crippen molar-refractivity contribution in [1.82, 2.24) is 9.55 Å². The second-order valence-electron chi connectivity index (χ2n) is 5.79. The second kappa shape index (κ2) is 6.53. The van der Waals surface area contributed by atoms with Gasteiger partial charge in [-0.15, -0.1) is 0 Å². The zero-order valence-electron chi connectivity index (χ0n) is 13.4. The van der Waals surface area contributed by atoms with Gasteiger partial charge in [0.2, 0.25) is 0 Å². The molecule has 0 bridgehead atoms. The van der Waals surface area contributed by atoms with E-state index in [0.29, 0.717) is 23.3 Å². The Kier molecular flexibility index (Phi) is 4.07. The molecule has 124 valence electrons. The van der Waals surface area contributed by atoms with E-state index >= 15 is 0 Å². The zero-order chi connectivity index (χ0) is 17.2. The van der Waals surface area contributed by atoms with Crippen molar-refractivity contribution >= 4 is 33.9 Å². The number of hydrogen-bond donors (Lipinski definition) is 1. The Morgan fingerprint density at radius 1 is 0.960 bits per heavy atom. The zero-order valence-corrected chi connectivity index (χ0v) is 14.3. The van der Waals surface area contributed by atoms with Gasteiger partial charge in [0, 0.05) is 0 Å². The van der Waals surface area contributed by atoms with Crippen molar-refractivity contribution in [2.24, 2.45) is 0 Å². The van der Waals surface area contributed by atoms with E-state index in [1.807, 2.05) is 54.6 Å². The van der Waals surface area contributed by atoms with Crippen LogP contribution in [0, 0.1) is 4.77 Å². The first-order valence-electron chi connectivity index (χ1n) is 8.06. The minimum atomic E-state index is -0.0959. The molecule has 3 aromatic carbocycles. The van der Waals surface area contributed by atoms with Crippen molar-refractivity contribution < 1.29 is 4.74 Å². The normalized spacial score (nSPS) is 11.0. The minimum absolute atomic E-state index is 0.0959. The van der Waals surface area contributed by atoms with E-state index in [-0.39, 0.29) is 5.56 Å². The molecule has 0 aliphatic heterocycles. The van der Waals surface area contributed by atoms with Gasteiger partial charge in [-0.1, -0.05) is 42.5 Å². The van der Waals surface area contributed by atoms with Gasteiger partial charge in [0.1, 0.15) is 12.4 Å². The molecule has 1 N–H and O–H groups in total. The summed E-state index contributed by atoms with van der Waals surface area (Å²) >= 11 is 5.31. The molecule has 0 amide bonds. The fourth-order valence-corrected chi connectivity index (χ4v) is 3.20. The van der Waals surface area contributed by atoms with Crippen LogP contribution in [0.25, 0.3) is 21.7 Å². The van der Waals surface area contributed by atoms with Crippen molar-refractivity contribution in [2.45, 2.75) is 6.54 Å². The van der Waals surface area contributed by atoms with Gasteiger partial charge in [0.25, 0.3) is 5.56 Å². The molecule has 0 aliphatic rings. The highest BCUT2D eigenvalue weighted by atomic mass is 32.1. The Labute approximate surface area is 149 Å². The summed E-state index contributed by atoms with van der Waals surface area (Å²) in [6.07, 6.45) is 0. The number of aromatic amines is 1. The Bertz CT molecular complexity index is 1180. The lowest BCUT2D eigenvalue weighted by molar-refractivity contribution is 0.295. The third-order valence-corrected chi connectivity index (χ3v) is 4.52. The average Bonchev–Trinajstić information content (AvgIpc) is 2.64. The monoisotopic (exact) mass is 348 g/mol. The predicted octanol–water partition coefficient (Wildman–Crippen LogP) is 4.29. The number of rotatable bonds is 4. The van der Waals surface area contributed by atoms with Crippen LogP contribution >= 0.6 is 12.2 Å². The lowest BCUT2D eigenvalue weighted by atomic mass is 10.1. The molecule has 0 atom stereocenters. The molecule has 5 heteroatoms. The van der Waals surface area contributed by atoms with Crippen LogP contribution in [0.1, 0.15) is 0 Å². The summed E-state index contributed by atoms with van der Waals surface area (Å²) in [6, 6.07) is 21.4. The maximum atomic E-state index is 12.6. The highest BCUT2D eigenvalue weighted by Gasteiger charge is 2.05. The molecule has 0 fully saturated rings. The Hall–Kier alpha value is -2.92. The second-order valence-corrected chi connectivity index (χ2v) is 6.18. The number of nitrogens with zero attached hydrogens (tertiary/aromatic N) is 1. The van der Waals surface area contributed by atoms with Crippen molar-refractivity contribution in [2.75, 3.05) is 6.61 Å². The molecular formula is C20H16N2O2S. The molecule has 0 spiro atoms. The lowest BCUT2D eigenvalue weighted by Crippen LogP contribution is -2.25. The molecule has 0 saturated heterocycles. The molecule has 4 aromatic rings. The van der Waals surface area contributed by atoms with Gasteiger partial charge in [-0.2, -0.15) is 0 Å². The van der Waals surface area contributed by atoms with Crippen LogP contribution in [0.4, 0.5) is 0 Å². The van der Waals surface area contributed by atoms with E-state index in [0.717, 1.165) is 16.7 Å². The smallest absolute Gasteiger partial charge is 0.262 e. The Morgan fingerprint density at radius 2 is 1.72 bits per heavy atom. The summed E-state index contributed by atoms with van der Waals surface area (Å²) in [5, 5.41) is 2.92. The third-order valence-electron chi connectivity index (χ3n) is 4.19. The molecule has 0 saturated carbocycles. The molecule has 0 aliphatic carbocycles.